The number of carboxylic acid groups (broad SMARTS) is 1. The fourth-order valence-corrected chi connectivity index (χ4v) is 3.87. The summed E-state index contributed by atoms with van der Waals surface area (Å²) in [4.78, 5) is 27.6. The summed E-state index contributed by atoms with van der Waals surface area (Å²) in [6, 6.07) is 7.15. The summed E-state index contributed by atoms with van der Waals surface area (Å²) in [5, 5.41) is 9.41. The molecule has 0 spiro atoms. The molecule has 110 valence electrons. The molecule has 5 heteroatoms. The summed E-state index contributed by atoms with van der Waals surface area (Å²) in [7, 11) is 0. The van der Waals surface area contributed by atoms with E-state index in [2.05, 4.69) is 0 Å². The zero-order chi connectivity index (χ0) is 14.6. The smallest absolute Gasteiger partial charge is 0.326 e. The highest BCUT2D eigenvalue weighted by atomic mass is 16.4. The third-order valence-electron chi connectivity index (χ3n) is 4.99. The molecule has 4 rings (SSSR count). The highest BCUT2D eigenvalue weighted by Crippen LogP contribution is 2.50. The van der Waals surface area contributed by atoms with Gasteiger partial charge in [0.15, 0.2) is 0 Å². The third-order valence-corrected chi connectivity index (χ3v) is 4.99. The molecule has 2 aliphatic heterocycles. The van der Waals surface area contributed by atoms with Crippen molar-refractivity contribution in [3.63, 3.8) is 0 Å². The van der Waals surface area contributed by atoms with Gasteiger partial charge in [-0.3, -0.25) is 4.90 Å². The molecule has 0 bridgehead atoms. The largest absolute Gasteiger partial charge is 0.480 e. The number of anilines is 1. The van der Waals surface area contributed by atoms with E-state index >= 15 is 0 Å². The van der Waals surface area contributed by atoms with Gasteiger partial charge in [0.2, 0.25) is 0 Å². The molecular weight excluding hydrogens is 268 g/mol. The minimum absolute atomic E-state index is 0.137. The van der Waals surface area contributed by atoms with Crippen molar-refractivity contribution in [3.8, 4) is 0 Å². The van der Waals surface area contributed by atoms with Crippen LogP contribution in [0.2, 0.25) is 0 Å². The van der Waals surface area contributed by atoms with Crippen molar-refractivity contribution in [3.05, 3.63) is 29.8 Å². The van der Waals surface area contributed by atoms with Crippen LogP contribution in [0.1, 0.15) is 18.4 Å². The normalized spacial score (nSPS) is 29.8. The van der Waals surface area contributed by atoms with Gasteiger partial charge in [0, 0.05) is 18.8 Å². The van der Waals surface area contributed by atoms with Crippen LogP contribution in [0, 0.1) is 11.8 Å². The Morgan fingerprint density at radius 1 is 1.24 bits per heavy atom. The van der Waals surface area contributed by atoms with Gasteiger partial charge in [-0.15, -0.1) is 0 Å². The van der Waals surface area contributed by atoms with Crippen LogP contribution < -0.4 is 4.90 Å². The van der Waals surface area contributed by atoms with Crippen LogP contribution in [0.5, 0.6) is 0 Å². The SMILES string of the molecule is O=C(O)[C@@H]1[C@@H]2C[C@@H]2CN1C(=O)N1CCCc2ccccc21. The maximum absolute atomic E-state index is 12.8. The van der Waals surface area contributed by atoms with Crippen LogP contribution in [0.25, 0.3) is 0 Å². The fourth-order valence-electron chi connectivity index (χ4n) is 3.87. The number of aliphatic carboxylic acids is 1. The number of rotatable bonds is 1. The molecule has 1 aromatic carbocycles. The molecule has 0 radical (unpaired) electrons. The first-order valence-electron chi connectivity index (χ1n) is 7.55. The summed E-state index contributed by atoms with van der Waals surface area (Å²) in [5.74, 6) is -0.291. The van der Waals surface area contributed by atoms with Gasteiger partial charge >= 0.3 is 12.0 Å². The number of aryl methyl sites for hydroxylation is 1. The van der Waals surface area contributed by atoms with Crippen LogP contribution in [-0.2, 0) is 11.2 Å². The minimum Gasteiger partial charge on any atom is -0.480 e. The Morgan fingerprint density at radius 2 is 2.05 bits per heavy atom. The Labute approximate surface area is 123 Å². The van der Waals surface area contributed by atoms with Gasteiger partial charge in [-0.2, -0.15) is 0 Å². The highest BCUT2D eigenvalue weighted by molar-refractivity contribution is 5.96. The monoisotopic (exact) mass is 286 g/mol. The second kappa shape index (κ2) is 4.48. The number of urea groups is 1. The Hall–Kier alpha value is -2.04. The molecule has 21 heavy (non-hydrogen) atoms. The van der Waals surface area contributed by atoms with Gasteiger partial charge in [0.05, 0.1) is 0 Å². The maximum atomic E-state index is 12.8. The van der Waals surface area contributed by atoms with E-state index in [1.54, 1.807) is 9.80 Å². The van der Waals surface area contributed by atoms with Crippen LogP contribution >= 0.6 is 0 Å². The van der Waals surface area contributed by atoms with Gasteiger partial charge in [-0.25, -0.2) is 9.59 Å². The van der Waals surface area contributed by atoms with Crippen LogP contribution in [0.15, 0.2) is 24.3 Å². The third kappa shape index (κ3) is 1.91. The van der Waals surface area contributed by atoms with Crippen LogP contribution in [-0.4, -0.2) is 41.1 Å². The molecule has 5 nitrogen and oxygen atoms in total. The van der Waals surface area contributed by atoms with Crippen molar-refractivity contribution in [2.45, 2.75) is 25.3 Å². The number of fused-ring (bicyclic) bond motifs is 2. The van der Waals surface area contributed by atoms with Crippen molar-refractivity contribution in [2.24, 2.45) is 11.8 Å². The van der Waals surface area contributed by atoms with E-state index in [9.17, 15) is 14.7 Å². The molecule has 1 N–H and O–H groups in total. The molecule has 0 unspecified atom stereocenters. The maximum Gasteiger partial charge on any atom is 0.326 e. The number of amides is 2. The molecule has 1 aliphatic carbocycles. The standard InChI is InChI=1S/C16H18N2O3/c19-15(20)14-12-8-11(12)9-18(14)16(21)17-7-3-5-10-4-1-2-6-13(10)17/h1-2,4,6,11-12,14H,3,5,7-9H2,(H,19,20)/t11-,12-,14+/m1/s1. The topological polar surface area (TPSA) is 60.9 Å². The Kier molecular flexibility index (Phi) is 2.71. The number of carbonyl (C=O) groups is 2. The van der Waals surface area contributed by atoms with E-state index in [4.69, 9.17) is 0 Å². The molecule has 1 saturated carbocycles. The first kappa shape index (κ1) is 12.7. The molecule has 3 aliphatic rings. The number of piperidine rings is 1. The zero-order valence-corrected chi connectivity index (χ0v) is 11.7. The van der Waals surface area contributed by atoms with Gasteiger partial charge in [0.25, 0.3) is 0 Å². The number of carboxylic acids is 1. The van der Waals surface area contributed by atoms with Crippen LogP contribution in [0.4, 0.5) is 10.5 Å². The lowest BCUT2D eigenvalue weighted by molar-refractivity contribution is -0.142. The predicted molar refractivity (Wildman–Crippen MR) is 77.2 cm³/mol. The number of likely N-dealkylation sites (tertiary alicyclic amines) is 1. The molecule has 1 aromatic rings. The molecule has 1 saturated heterocycles. The predicted octanol–water partition coefficient (Wildman–Crippen LogP) is 1.96. The van der Waals surface area contributed by atoms with E-state index in [1.165, 1.54) is 5.56 Å². The number of nitrogens with zero attached hydrogens (tertiary/aromatic N) is 2. The number of hydrogen-bond acceptors (Lipinski definition) is 2. The molecule has 0 aromatic heterocycles. The number of benzene rings is 1. The lowest BCUT2D eigenvalue weighted by atomic mass is 10.0. The lowest BCUT2D eigenvalue weighted by Crippen LogP contribution is -2.51. The molecule has 2 amide bonds. The number of carbonyl (C=O) groups excluding carboxylic acids is 1. The fraction of sp³-hybridized carbons (Fsp3) is 0.500. The first-order valence-corrected chi connectivity index (χ1v) is 7.55. The summed E-state index contributed by atoms with van der Waals surface area (Å²) in [5.41, 5.74) is 2.12. The summed E-state index contributed by atoms with van der Waals surface area (Å²) < 4.78 is 0. The van der Waals surface area contributed by atoms with Crippen LogP contribution in [0.3, 0.4) is 0 Å². The summed E-state index contributed by atoms with van der Waals surface area (Å²) >= 11 is 0. The Morgan fingerprint density at radius 3 is 2.86 bits per heavy atom. The quantitative estimate of drug-likeness (QED) is 0.858. The van der Waals surface area contributed by atoms with E-state index in [1.807, 2.05) is 24.3 Å². The number of para-hydroxylation sites is 1. The Bertz CT molecular complexity index is 615. The van der Waals surface area contributed by atoms with E-state index < -0.39 is 12.0 Å². The van der Waals surface area contributed by atoms with Gasteiger partial charge in [0.1, 0.15) is 6.04 Å². The molecule has 2 fully saturated rings. The minimum atomic E-state index is -0.862. The number of hydrogen-bond donors (Lipinski definition) is 1. The first-order chi connectivity index (χ1) is 10.2. The van der Waals surface area contributed by atoms with E-state index in [-0.39, 0.29) is 11.9 Å². The second-order valence-corrected chi connectivity index (χ2v) is 6.26. The summed E-state index contributed by atoms with van der Waals surface area (Å²) in [6.45, 7) is 1.27. The molecule has 3 atom stereocenters. The van der Waals surface area contributed by atoms with Crippen molar-refractivity contribution in [1.29, 1.82) is 0 Å². The van der Waals surface area contributed by atoms with Gasteiger partial charge in [-0.1, -0.05) is 18.2 Å². The van der Waals surface area contributed by atoms with Gasteiger partial charge in [-0.05, 0) is 42.7 Å². The van der Waals surface area contributed by atoms with Crippen molar-refractivity contribution in [1.82, 2.24) is 4.90 Å². The highest BCUT2D eigenvalue weighted by Gasteiger charge is 2.57. The summed E-state index contributed by atoms with van der Waals surface area (Å²) in [6.07, 6.45) is 2.87. The van der Waals surface area contributed by atoms with Gasteiger partial charge < -0.3 is 10.0 Å². The lowest BCUT2D eigenvalue weighted by Gasteiger charge is -2.35. The van der Waals surface area contributed by atoms with Crippen molar-refractivity contribution < 1.29 is 14.7 Å². The average Bonchev–Trinajstić information content (AvgIpc) is 3.15. The second-order valence-electron chi connectivity index (χ2n) is 6.26. The Balaban J connectivity index is 1.63. The van der Waals surface area contributed by atoms with E-state index in [0.29, 0.717) is 19.0 Å². The molecule has 2 heterocycles. The van der Waals surface area contributed by atoms with E-state index in [0.717, 1.165) is 24.9 Å². The zero-order valence-electron chi connectivity index (χ0n) is 11.7. The molecular formula is C16H18N2O3. The van der Waals surface area contributed by atoms with Crippen molar-refractivity contribution in [2.75, 3.05) is 18.0 Å². The average molecular weight is 286 g/mol. The van der Waals surface area contributed by atoms with Crippen molar-refractivity contribution >= 4 is 17.7 Å².